The zero-order chi connectivity index (χ0) is 16.5. The second-order valence-corrected chi connectivity index (χ2v) is 5.39. The second kappa shape index (κ2) is 9.20. The Morgan fingerprint density at radius 3 is 2.41 bits per heavy atom. The lowest BCUT2D eigenvalue weighted by atomic mass is 10.1. The minimum Gasteiger partial charge on any atom is -0.494 e. The highest BCUT2D eigenvalue weighted by Gasteiger charge is 2.16. The molecule has 0 aliphatic heterocycles. The van der Waals surface area contributed by atoms with Gasteiger partial charge in [-0.05, 0) is 37.6 Å². The summed E-state index contributed by atoms with van der Waals surface area (Å²) in [6.45, 7) is 5.00. The molecule has 1 rings (SSSR count). The van der Waals surface area contributed by atoms with Gasteiger partial charge in [0.25, 0.3) is 0 Å². The van der Waals surface area contributed by atoms with Crippen LogP contribution in [0.1, 0.15) is 43.5 Å². The highest BCUT2D eigenvalue weighted by molar-refractivity contribution is 5.98. The molecule has 0 aromatic heterocycles. The highest BCUT2D eigenvalue weighted by Crippen LogP contribution is 2.14. The molecule has 22 heavy (non-hydrogen) atoms. The molecule has 0 aliphatic rings. The van der Waals surface area contributed by atoms with Gasteiger partial charge in [-0.2, -0.15) is 0 Å². The topological polar surface area (TPSA) is 72.6 Å². The first-order valence-electron chi connectivity index (χ1n) is 7.71. The first-order chi connectivity index (χ1) is 10.5. The summed E-state index contributed by atoms with van der Waals surface area (Å²) < 4.78 is 5.47. The van der Waals surface area contributed by atoms with Gasteiger partial charge in [-0.25, -0.2) is 0 Å². The van der Waals surface area contributed by atoms with Crippen LogP contribution < -0.4 is 10.5 Å². The lowest BCUT2D eigenvalue weighted by Crippen LogP contribution is -2.39. The molecule has 1 aromatic carbocycles. The number of ketones is 1. The summed E-state index contributed by atoms with van der Waals surface area (Å²) in [5, 5.41) is 0. The summed E-state index contributed by atoms with van der Waals surface area (Å²) in [4.78, 5) is 25.6. The van der Waals surface area contributed by atoms with Crippen LogP contribution >= 0.6 is 0 Å². The molecule has 0 spiro atoms. The van der Waals surface area contributed by atoms with Crippen molar-refractivity contribution in [3.8, 4) is 5.75 Å². The largest absolute Gasteiger partial charge is 0.494 e. The summed E-state index contributed by atoms with van der Waals surface area (Å²) in [6, 6.07) is 7.03. The zero-order valence-corrected chi connectivity index (χ0v) is 13.7. The van der Waals surface area contributed by atoms with Crippen molar-refractivity contribution in [2.75, 3.05) is 20.2 Å². The lowest BCUT2D eigenvalue weighted by molar-refractivity contribution is -0.131. The fourth-order valence-electron chi connectivity index (χ4n) is 1.90. The van der Waals surface area contributed by atoms with Crippen molar-refractivity contribution in [3.63, 3.8) is 0 Å². The Morgan fingerprint density at radius 2 is 1.86 bits per heavy atom. The molecule has 0 aliphatic carbocycles. The van der Waals surface area contributed by atoms with Crippen molar-refractivity contribution < 1.29 is 14.3 Å². The highest BCUT2D eigenvalue weighted by atomic mass is 16.5. The molecule has 0 radical (unpaired) electrons. The SMILES string of the molecule is CCCOc1ccc(C(=O)CCC(=O)N(C)C(C)CN)cc1. The average molecular weight is 306 g/mol. The molecule has 0 heterocycles. The minimum absolute atomic E-state index is 0.0161. The maximum Gasteiger partial charge on any atom is 0.223 e. The molecule has 2 N–H and O–H groups in total. The molecule has 1 amide bonds. The molecule has 0 saturated carbocycles. The van der Waals surface area contributed by atoms with E-state index in [9.17, 15) is 9.59 Å². The Kier molecular flexibility index (Phi) is 7.60. The van der Waals surface area contributed by atoms with Crippen molar-refractivity contribution in [3.05, 3.63) is 29.8 Å². The quantitative estimate of drug-likeness (QED) is 0.710. The van der Waals surface area contributed by atoms with E-state index in [2.05, 4.69) is 0 Å². The summed E-state index contributed by atoms with van der Waals surface area (Å²) in [5.41, 5.74) is 6.14. The van der Waals surface area contributed by atoms with Crippen molar-refractivity contribution in [2.24, 2.45) is 5.73 Å². The Bertz CT molecular complexity index is 485. The van der Waals surface area contributed by atoms with Gasteiger partial charge in [-0.15, -0.1) is 0 Å². The van der Waals surface area contributed by atoms with E-state index in [1.807, 2.05) is 13.8 Å². The van der Waals surface area contributed by atoms with Crippen molar-refractivity contribution in [1.82, 2.24) is 4.90 Å². The molecule has 0 fully saturated rings. The van der Waals surface area contributed by atoms with Gasteiger partial charge in [0.05, 0.1) is 6.61 Å². The second-order valence-electron chi connectivity index (χ2n) is 5.39. The number of hydrogen-bond acceptors (Lipinski definition) is 4. The molecular formula is C17H26N2O3. The minimum atomic E-state index is -0.0609. The van der Waals surface area contributed by atoms with Crippen molar-refractivity contribution in [2.45, 2.75) is 39.2 Å². The van der Waals surface area contributed by atoms with Crippen LogP contribution in [0, 0.1) is 0 Å². The van der Waals surface area contributed by atoms with Crippen LogP contribution in [-0.4, -0.2) is 42.8 Å². The Hall–Kier alpha value is -1.88. The van der Waals surface area contributed by atoms with Gasteiger partial charge in [0, 0.05) is 38.0 Å². The third-order valence-electron chi connectivity index (χ3n) is 3.61. The van der Waals surface area contributed by atoms with E-state index in [1.54, 1.807) is 36.2 Å². The maximum atomic E-state index is 12.1. The number of likely N-dealkylation sites (N-methyl/N-ethyl adjacent to an activating group) is 1. The summed E-state index contributed by atoms with van der Waals surface area (Å²) in [7, 11) is 1.71. The Labute approximate surface area is 132 Å². The number of ether oxygens (including phenoxy) is 1. The number of carbonyl (C=O) groups excluding carboxylic acids is 2. The van der Waals surface area contributed by atoms with E-state index in [4.69, 9.17) is 10.5 Å². The van der Waals surface area contributed by atoms with E-state index < -0.39 is 0 Å². The molecule has 0 bridgehead atoms. The van der Waals surface area contributed by atoms with Gasteiger partial charge < -0.3 is 15.4 Å². The van der Waals surface area contributed by atoms with Crippen LogP contribution in [0.4, 0.5) is 0 Å². The van der Waals surface area contributed by atoms with Crippen LogP contribution in [0.5, 0.6) is 5.75 Å². The van der Waals surface area contributed by atoms with Crippen molar-refractivity contribution >= 4 is 11.7 Å². The predicted octanol–water partition coefficient (Wildman–Crippen LogP) is 2.24. The third-order valence-corrected chi connectivity index (χ3v) is 3.61. The average Bonchev–Trinajstić information content (AvgIpc) is 2.56. The van der Waals surface area contributed by atoms with Gasteiger partial charge in [0.15, 0.2) is 5.78 Å². The van der Waals surface area contributed by atoms with E-state index in [-0.39, 0.29) is 30.6 Å². The van der Waals surface area contributed by atoms with Gasteiger partial charge in [0.2, 0.25) is 5.91 Å². The molecule has 0 saturated heterocycles. The third kappa shape index (κ3) is 5.48. The van der Waals surface area contributed by atoms with Crippen LogP contribution in [0.25, 0.3) is 0 Å². The number of hydrogen-bond donors (Lipinski definition) is 1. The first-order valence-corrected chi connectivity index (χ1v) is 7.71. The lowest BCUT2D eigenvalue weighted by Gasteiger charge is -2.23. The molecule has 122 valence electrons. The number of amides is 1. The molecule has 5 heteroatoms. The number of carbonyl (C=O) groups is 2. The fourth-order valence-corrected chi connectivity index (χ4v) is 1.90. The zero-order valence-electron chi connectivity index (χ0n) is 13.7. The smallest absolute Gasteiger partial charge is 0.223 e. The van der Waals surface area contributed by atoms with E-state index in [0.29, 0.717) is 18.7 Å². The van der Waals surface area contributed by atoms with Gasteiger partial charge in [-0.1, -0.05) is 6.92 Å². The summed E-state index contributed by atoms with van der Waals surface area (Å²) in [6.07, 6.45) is 1.35. The monoisotopic (exact) mass is 306 g/mol. The Balaban J connectivity index is 2.50. The number of benzene rings is 1. The van der Waals surface area contributed by atoms with Crippen LogP contribution in [0.2, 0.25) is 0 Å². The van der Waals surface area contributed by atoms with Gasteiger partial charge in [0.1, 0.15) is 5.75 Å². The standard InChI is InChI=1S/C17H26N2O3/c1-4-11-22-15-7-5-14(6-8-15)16(20)9-10-17(21)19(3)13(2)12-18/h5-8,13H,4,9-12,18H2,1-3H3. The van der Waals surface area contributed by atoms with Crippen LogP contribution in [0.3, 0.4) is 0 Å². The molecule has 1 aromatic rings. The van der Waals surface area contributed by atoms with Gasteiger partial charge in [-0.3, -0.25) is 9.59 Å². The fraction of sp³-hybridized carbons (Fsp3) is 0.529. The summed E-state index contributed by atoms with van der Waals surface area (Å²) in [5.74, 6) is 0.657. The predicted molar refractivity (Wildman–Crippen MR) is 87.1 cm³/mol. The maximum absolute atomic E-state index is 12.1. The summed E-state index contributed by atoms with van der Waals surface area (Å²) >= 11 is 0. The molecular weight excluding hydrogens is 280 g/mol. The Morgan fingerprint density at radius 1 is 1.23 bits per heavy atom. The van der Waals surface area contributed by atoms with E-state index in [0.717, 1.165) is 12.2 Å². The van der Waals surface area contributed by atoms with Crippen molar-refractivity contribution in [1.29, 1.82) is 0 Å². The first kappa shape index (κ1) is 18.2. The van der Waals surface area contributed by atoms with E-state index >= 15 is 0 Å². The number of nitrogens with zero attached hydrogens (tertiary/aromatic N) is 1. The van der Waals surface area contributed by atoms with Crippen LogP contribution in [-0.2, 0) is 4.79 Å². The normalized spacial score (nSPS) is 11.8. The van der Waals surface area contributed by atoms with Gasteiger partial charge >= 0.3 is 0 Å². The van der Waals surface area contributed by atoms with E-state index in [1.165, 1.54) is 0 Å². The molecule has 5 nitrogen and oxygen atoms in total. The number of rotatable bonds is 9. The molecule has 1 atom stereocenters. The molecule has 1 unspecified atom stereocenters. The van der Waals surface area contributed by atoms with Crippen LogP contribution in [0.15, 0.2) is 24.3 Å². The number of nitrogens with two attached hydrogens (primary N) is 1. The number of Topliss-reactive ketones (excluding diaryl/α,β-unsaturated/α-hetero) is 1.